The predicted octanol–water partition coefficient (Wildman–Crippen LogP) is 1.52. The molecular formula is C6H4BrO-. The van der Waals surface area contributed by atoms with E-state index in [9.17, 15) is 5.11 Å². The van der Waals surface area contributed by atoms with Crippen molar-refractivity contribution in [3.63, 3.8) is 0 Å². The number of benzene rings is 1. The van der Waals surface area contributed by atoms with Gasteiger partial charge in [0.2, 0.25) is 0 Å². The van der Waals surface area contributed by atoms with Crippen molar-refractivity contribution in [3.05, 3.63) is 28.7 Å². The minimum Gasteiger partial charge on any atom is -0.872 e. The first kappa shape index (κ1) is 5.63. The fourth-order valence-corrected chi connectivity index (χ4v) is 0.730. The van der Waals surface area contributed by atoms with Crippen LogP contribution in [0.25, 0.3) is 0 Å². The number of hydrogen-bond acceptors (Lipinski definition) is 1. The summed E-state index contributed by atoms with van der Waals surface area (Å²) in [5.74, 6) is 0.0347. The van der Waals surface area contributed by atoms with Gasteiger partial charge in [0.25, 0.3) is 0 Å². The Hall–Kier alpha value is -0.500. The summed E-state index contributed by atoms with van der Waals surface area (Å²) in [6.07, 6.45) is 0. The van der Waals surface area contributed by atoms with Gasteiger partial charge in [0, 0.05) is 4.47 Å². The fraction of sp³-hybridized carbons (Fsp3) is 0. The molecule has 0 saturated carbocycles. The zero-order chi connectivity index (χ0) is 5.98. The summed E-state index contributed by atoms with van der Waals surface area (Å²) in [6, 6.07) is 6.77. The zero-order valence-corrected chi connectivity index (χ0v) is 5.68. The second-order valence-corrected chi connectivity index (χ2v) is 2.28. The van der Waals surface area contributed by atoms with E-state index in [0.29, 0.717) is 4.47 Å². The van der Waals surface area contributed by atoms with Crippen molar-refractivity contribution in [2.75, 3.05) is 0 Å². The highest BCUT2D eigenvalue weighted by Gasteiger charge is 1.80. The van der Waals surface area contributed by atoms with Crippen molar-refractivity contribution in [2.24, 2.45) is 0 Å². The lowest BCUT2D eigenvalue weighted by molar-refractivity contribution is -0.269. The number of rotatable bonds is 0. The summed E-state index contributed by atoms with van der Waals surface area (Å²) in [5.41, 5.74) is 0. The first-order valence-corrected chi connectivity index (χ1v) is 3.01. The molecule has 0 spiro atoms. The molecule has 1 aromatic rings. The van der Waals surface area contributed by atoms with Crippen molar-refractivity contribution in [1.29, 1.82) is 0 Å². The smallest absolute Gasteiger partial charge is 0.00961 e. The maximum atomic E-state index is 10.6. The molecule has 0 bridgehead atoms. The van der Waals surface area contributed by atoms with Crippen molar-refractivity contribution < 1.29 is 5.11 Å². The standard InChI is InChI=1S/C6H5BrO/c7-5-3-1-2-4-6(5)8/h1-4,8H/p-1. The Morgan fingerprint density at radius 2 is 1.88 bits per heavy atom. The normalized spacial score (nSPS) is 9.12. The molecule has 0 atom stereocenters. The summed E-state index contributed by atoms with van der Waals surface area (Å²) >= 11 is 3.08. The van der Waals surface area contributed by atoms with Gasteiger partial charge < -0.3 is 5.11 Å². The third kappa shape index (κ3) is 1.01. The van der Waals surface area contributed by atoms with Gasteiger partial charge in [-0.25, -0.2) is 0 Å². The molecule has 8 heavy (non-hydrogen) atoms. The maximum absolute atomic E-state index is 10.6. The predicted molar refractivity (Wildman–Crippen MR) is 33.6 cm³/mol. The number of hydrogen-bond donors (Lipinski definition) is 0. The highest BCUT2D eigenvalue weighted by Crippen LogP contribution is 2.18. The molecular weight excluding hydrogens is 168 g/mol. The van der Waals surface area contributed by atoms with Crippen molar-refractivity contribution in [2.45, 2.75) is 0 Å². The van der Waals surface area contributed by atoms with Crippen LogP contribution in [0.1, 0.15) is 0 Å². The van der Waals surface area contributed by atoms with Gasteiger partial charge >= 0.3 is 0 Å². The summed E-state index contributed by atoms with van der Waals surface area (Å²) in [6.45, 7) is 0. The summed E-state index contributed by atoms with van der Waals surface area (Å²) in [5, 5.41) is 10.6. The van der Waals surface area contributed by atoms with Gasteiger partial charge in [-0.15, -0.1) is 0 Å². The largest absolute Gasteiger partial charge is 0.872 e. The fourth-order valence-electron chi connectivity index (χ4n) is 0.445. The molecule has 0 heterocycles. The molecule has 0 fully saturated rings. The monoisotopic (exact) mass is 171 g/mol. The lowest BCUT2D eigenvalue weighted by Gasteiger charge is -2.04. The molecule has 42 valence electrons. The topological polar surface area (TPSA) is 23.1 Å². The zero-order valence-electron chi connectivity index (χ0n) is 4.10. The van der Waals surface area contributed by atoms with E-state index >= 15 is 0 Å². The molecule has 0 saturated heterocycles. The van der Waals surface area contributed by atoms with Gasteiger partial charge in [-0.05, 0) is 6.07 Å². The Morgan fingerprint density at radius 3 is 2.25 bits per heavy atom. The molecule has 0 aliphatic heterocycles. The molecule has 0 radical (unpaired) electrons. The Labute approximate surface area is 56.1 Å². The summed E-state index contributed by atoms with van der Waals surface area (Å²) < 4.78 is 0.625. The van der Waals surface area contributed by atoms with E-state index in [1.165, 1.54) is 6.07 Å². The molecule has 0 amide bonds. The average molecular weight is 172 g/mol. The average Bonchev–Trinajstić information content (AvgIpc) is 1.77. The SMILES string of the molecule is [O-]c1ccccc1Br. The minimum atomic E-state index is 0.0347. The molecule has 1 nitrogen and oxygen atoms in total. The first-order chi connectivity index (χ1) is 3.80. The second kappa shape index (κ2) is 2.18. The van der Waals surface area contributed by atoms with Crippen molar-refractivity contribution >= 4 is 15.9 Å². The molecule has 2 heteroatoms. The van der Waals surface area contributed by atoms with Crippen LogP contribution in [0.3, 0.4) is 0 Å². The van der Waals surface area contributed by atoms with Crippen LogP contribution < -0.4 is 5.11 Å². The molecule has 0 aliphatic rings. The van der Waals surface area contributed by atoms with E-state index in [2.05, 4.69) is 15.9 Å². The van der Waals surface area contributed by atoms with Crippen LogP contribution in [-0.4, -0.2) is 0 Å². The van der Waals surface area contributed by atoms with Gasteiger partial charge in [0.1, 0.15) is 0 Å². The third-order valence-electron chi connectivity index (χ3n) is 0.837. The van der Waals surface area contributed by atoms with E-state index in [-0.39, 0.29) is 5.75 Å². The van der Waals surface area contributed by atoms with E-state index in [1.54, 1.807) is 12.1 Å². The highest BCUT2D eigenvalue weighted by atomic mass is 79.9. The van der Waals surface area contributed by atoms with Crippen LogP contribution in [0.2, 0.25) is 0 Å². The Bertz CT molecular complexity index is 165. The Morgan fingerprint density at radius 1 is 1.25 bits per heavy atom. The van der Waals surface area contributed by atoms with Gasteiger partial charge in [-0.3, -0.25) is 0 Å². The van der Waals surface area contributed by atoms with E-state index < -0.39 is 0 Å². The van der Waals surface area contributed by atoms with Crippen molar-refractivity contribution in [3.8, 4) is 5.75 Å². The van der Waals surface area contributed by atoms with Gasteiger partial charge in [0.05, 0.1) is 0 Å². The molecule has 1 rings (SSSR count). The van der Waals surface area contributed by atoms with Crippen LogP contribution in [0, 0.1) is 0 Å². The quantitative estimate of drug-likeness (QED) is 0.581. The van der Waals surface area contributed by atoms with Crippen molar-refractivity contribution in [1.82, 2.24) is 0 Å². The lowest BCUT2D eigenvalue weighted by Crippen LogP contribution is -1.88. The second-order valence-electron chi connectivity index (χ2n) is 1.43. The van der Waals surface area contributed by atoms with E-state index in [0.717, 1.165) is 0 Å². The van der Waals surface area contributed by atoms with E-state index in [1.807, 2.05) is 6.07 Å². The van der Waals surface area contributed by atoms with Crippen LogP contribution >= 0.6 is 15.9 Å². The maximum Gasteiger partial charge on any atom is 0.00961 e. The first-order valence-electron chi connectivity index (χ1n) is 2.22. The molecule has 0 N–H and O–H groups in total. The lowest BCUT2D eigenvalue weighted by atomic mass is 10.3. The summed E-state index contributed by atoms with van der Waals surface area (Å²) in [4.78, 5) is 0. The van der Waals surface area contributed by atoms with Crippen LogP contribution in [0.4, 0.5) is 0 Å². The third-order valence-corrected chi connectivity index (χ3v) is 1.49. The van der Waals surface area contributed by atoms with E-state index in [4.69, 9.17) is 0 Å². The molecule has 0 aliphatic carbocycles. The number of para-hydroxylation sites is 1. The van der Waals surface area contributed by atoms with Crippen LogP contribution in [-0.2, 0) is 0 Å². The Kier molecular flexibility index (Phi) is 1.53. The van der Waals surface area contributed by atoms with Gasteiger partial charge in [-0.1, -0.05) is 39.9 Å². The number of halogens is 1. The Balaban J connectivity index is 3.13. The van der Waals surface area contributed by atoms with Gasteiger partial charge in [0.15, 0.2) is 0 Å². The van der Waals surface area contributed by atoms with Crippen LogP contribution in [0.15, 0.2) is 28.7 Å². The van der Waals surface area contributed by atoms with Gasteiger partial charge in [-0.2, -0.15) is 0 Å². The molecule has 1 aromatic carbocycles. The summed E-state index contributed by atoms with van der Waals surface area (Å²) in [7, 11) is 0. The van der Waals surface area contributed by atoms with Crippen LogP contribution in [0.5, 0.6) is 5.75 Å². The minimum absolute atomic E-state index is 0.0347. The molecule has 0 unspecified atom stereocenters. The molecule has 0 aromatic heterocycles. The highest BCUT2D eigenvalue weighted by molar-refractivity contribution is 9.10.